The van der Waals surface area contributed by atoms with E-state index in [4.69, 9.17) is 5.73 Å². The molecule has 0 spiro atoms. The molecule has 2 aromatic heterocycles. The Bertz CT molecular complexity index is 1020. The fourth-order valence-electron chi connectivity index (χ4n) is 2.53. The number of thiophene rings is 1. The molecule has 0 radical (unpaired) electrons. The first-order chi connectivity index (χ1) is 12.0. The first kappa shape index (κ1) is 16.8. The highest BCUT2D eigenvalue weighted by molar-refractivity contribution is 7.14. The topological polar surface area (TPSA) is 107 Å². The Morgan fingerprint density at radius 3 is 2.64 bits per heavy atom. The van der Waals surface area contributed by atoms with Gasteiger partial charge in [-0.1, -0.05) is 25.1 Å². The highest BCUT2D eigenvalue weighted by atomic mass is 32.1. The number of nitrogens with zero attached hydrogens (tertiary/aromatic N) is 2. The number of hydrogen-bond donors (Lipinski definition) is 2. The van der Waals surface area contributed by atoms with Crippen LogP contribution in [0.4, 0.5) is 5.00 Å². The average Bonchev–Trinajstić information content (AvgIpc) is 3.06. The van der Waals surface area contributed by atoms with Crippen molar-refractivity contribution in [3.05, 3.63) is 57.3 Å². The zero-order valence-corrected chi connectivity index (χ0v) is 14.3. The molecule has 0 atom stereocenters. The number of fused-ring (bicyclic) bond motifs is 1. The van der Waals surface area contributed by atoms with Crippen LogP contribution in [0, 0.1) is 0 Å². The summed E-state index contributed by atoms with van der Waals surface area (Å²) in [5, 5.41) is 9.81. The van der Waals surface area contributed by atoms with E-state index >= 15 is 0 Å². The first-order valence-corrected chi connectivity index (χ1v) is 8.59. The molecule has 25 heavy (non-hydrogen) atoms. The first-order valence-electron chi connectivity index (χ1n) is 7.71. The van der Waals surface area contributed by atoms with Gasteiger partial charge in [-0.05, 0) is 23.9 Å². The van der Waals surface area contributed by atoms with E-state index in [-0.39, 0.29) is 16.8 Å². The lowest BCUT2D eigenvalue weighted by Gasteiger charge is -2.10. The number of amides is 2. The highest BCUT2D eigenvalue weighted by Gasteiger charge is 2.19. The lowest BCUT2D eigenvalue weighted by Crippen LogP contribution is -2.27. The number of aryl methyl sites for hydroxylation is 1. The second-order valence-electron chi connectivity index (χ2n) is 5.40. The summed E-state index contributed by atoms with van der Waals surface area (Å²) >= 11 is 1.19. The molecule has 0 aliphatic heterocycles. The minimum Gasteiger partial charge on any atom is -0.366 e. The summed E-state index contributed by atoms with van der Waals surface area (Å²) in [6, 6.07) is 8.38. The van der Waals surface area contributed by atoms with Gasteiger partial charge in [-0.25, -0.2) is 4.68 Å². The number of primary amides is 1. The molecule has 128 valence electrons. The largest absolute Gasteiger partial charge is 0.366 e. The number of nitrogens with one attached hydrogen (secondary N) is 1. The summed E-state index contributed by atoms with van der Waals surface area (Å²) in [5.41, 5.74) is 5.44. The molecule has 1 aromatic carbocycles. The third kappa shape index (κ3) is 3.16. The predicted octanol–water partition coefficient (Wildman–Crippen LogP) is 2.22. The maximum absolute atomic E-state index is 12.7. The second kappa shape index (κ2) is 6.86. The predicted molar refractivity (Wildman–Crippen MR) is 97.1 cm³/mol. The zero-order valence-electron chi connectivity index (χ0n) is 13.5. The molecule has 3 aromatic rings. The molecule has 2 heterocycles. The van der Waals surface area contributed by atoms with Crippen molar-refractivity contribution in [3.8, 4) is 0 Å². The van der Waals surface area contributed by atoms with Crippen LogP contribution in [0.25, 0.3) is 10.8 Å². The highest BCUT2D eigenvalue weighted by Crippen LogP contribution is 2.24. The van der Waals surface area contributed by atoms with Crippen LogP contribution >= 0.6 is 11.3 Å². The number of nitrogens with two attached hydrogens (primary N) is 1. The summed E-state index contributed by atoms with van der Waals surface area (Å²) in [6.45, 7) is 2.34. The molecular formula is C17H16N4O3S. The Morgan fingerprint density at radius 2 is 1.96 bits per heavy atom. The maximum Gasteiger partial charge on any atom is 0.277 e. The van der Waals surface area contributed by atoms with Gasteiger partial charge in [0.25, 0.3) is 17.4 Å². The average molecular weight is 356 g/mol. The quantitative estimate of drug-likeness (QED) is 0.731. The molecule has 0 saturated heterocycles. The van der Waals surface area contributed by atoms with Crippen molar-refractivity contribution in [3.63, 3.8) is 0 Å². The summed E-state index contributed by atoms with van der Waals surface area (Å²) < 4.78 is 1.29. The number of benzene rings is 1. The molecule has 3 rings (SSSR count). The van der Waals surface area contributed by atoms with Gasteiger partial charge in [0.05, 0.1) is 10.9 Å². The lowest BCUT2D eigenvalue weighted by molar-refractivity contribution is 0.100. The maximum atomic E-state index is 12.7. The molecule has 0 saturated carbocycles. The van der Waals surface area contributed by atoms with Gasteiger partial charge in [-0.15, -0.1) is 11.3 Å². The minimum absolute atomic E-state index is 0.132. The fourth-order valence-corrected chi connectivity index (χ4v) is 3.32. The van der Waals surface area contributed by atoms with Crippen molar-refractivity contribution in [2.24, 2.45) is 5.73 Å². The number of hydrogen-bond acceptors (Lipinski definition) is 5. The number of anilines is 1. The molecule has 7 nitrogen and oxygen atoms in total. The summed E-state index contributed by atoms with van der Waals surface area (Å²) in [4.78, 5) is 36.6. The number of rotatable bonds is 5. The van der Waals surface area contributed by atoms with Crippen molar-refractivity contribution >= 4 is 38.9 Å². The Kier molecular flexibility index (Phi) is 4.62. The van der Waals surface area contributed by atoms with Crippen molar-refractivity contribution < 1.29 is 9.59 Å². The van der Waals surface area contributed by atoms with Crippen LogP contribution in [-0.2, 0) is 6.54 Å². The summed E-state index contributed by atoms with van der Waals surface area (Å²) in [6.07, 6.45) is 0.711. The van der Waals surface area contributed by atoms with Crippen molar-refractivity contribution in [2.45, 2.75) is 19.9 Å². The van der Waals surface area contributed by atoms with E-state index in [0.717, 1.165) is 0 Å². The summed E-state index contributed by atoms with van der Waals surface area (Å²) in [5.74, 6) is -1.11. The van der Waals surface area contributed by atoms with E-state index < -0.39 is 11.8 Å². The van der Waals surface area contributed by atoms with Crippen molar-refractivity contribution in [2.75, 3.05) is 5.32 Å². The molecule has 0 aliphatic carbocycles. The SMILES string of the molecule is CCCn1nc(C(=O)Nc2sccc2C(N)=O)c2ccccc2c1=O. The number of carbonyl (C=O) groups is 2. The van der Waals surface area contributed by atoms with Crippen LogP contribution in [0.5, 0.6) is 0 Å². The van der Waals surface area contributed by atoms with Crippen molar-refractivity contribution in [1.29, 1.82) is 0 Å². The standard InChI is InChI=1S/C17H16N4O3S/c1-2-8-21-17(24)11-6-4-3-5-10(11)13(20-21)15(23)19-16-12(14(18)22)7-9-25-16/h3-7,9H,2,8H2,1H3,(H2,18,22)(H,19,23). The van der Waals surface area contributed by atoms with Crippen LogP contribution in [0.15, 0.2) is 40.5 Å². The Balaban J connectivity index is 2.09. The van der Waals surface area contributed by atoms with Gasteiger partial charge in [0.15, 0.2) is 5.69 Å². The molecule has 0 aliphatic rings. The minimum atomic E-state index is -0.620. The molecule has 8 heteroatoms. The van der Waals surface area contributed by atoms with Crippen LogP contribution in [0.2, 0.25) is 0 Å². The fraction of sp³-hybridized carbons (Fsp3) is 0.176. The van der Waals surface area contributed by atoms with Gasteiger partial charge in [0.1, 0.15) is 5.00 Å². The normalized spacial score (nSPS) is 10.8. The van der Waals surface area contributed by atoms with Gasteiger partial charge >= 0.3 is 0 Å². The van der Waals surface area contributed by atoms with Gasteiger partial charge < -0.3 is 11.1 Å². The van der Waals surface area contributed by atoms with E-state index in [9.17, 15) is 14.4 Å². The van der Waals surface area contributed by atoms with Gasteiger partial charge in [0.2, 0.25) is 0 Å². The Morgan fingerprint density at radius 1 is 1.24 bits per heavy atom. The van der Waals surface area contributed by atoms with E-state index in [1.54, 1.807) is 35.7 Å². The Labute approximate surface area is 147 Å². The van der Waals surface area contributed by atoms with E-state index in [1.807, 2.05) is 6.92 Å². The molecular weight excluding hydrogens is 340 g/mol. The van der Waals surface area contributed by atoms with Gasteiger partial charge in [-0.2, -0.15) is 5.10 Å². The smallest absolute Gasteiger partial charge is 0.277 e. The monoisotopic (exact) mass is 356 g/mol. The molecule has 0 unspecified atom stereocenters. The van der Waals surface area contributed by atoms with Crippen LogP contribution in [0.1, 0.15) is 34.2 Å². The van der Waals surface area contributed by atoms with Gasteiger partial charge in [0, 0.05) is 11.9 Å². The van der Waals surface area contributed by atoms with E-state index in [0.29, 0.717) is 28.7 Å². The van der Waals surface area contributed by atoms with Crippen LogP contribution < -0.4 is 16.6 Å². The number of aromatic nitrogens is 2. The van der Waals surface area contributed by atoms with Crippen molar-refractivity contribution in [1.82, 2.24) is 9.78 Å². The zero-order chi connectivity index (χ0) is 18.0. The second-order valence-corrected chi connectivity index (χ2v) is 6.32. The van der Waals surface area contributed by atoms with Crippen LogP contribution in [0.3, 0.4) is 0 Å². The third-order valence-corrected chi connectivity index (χ3v) is 4.51. The third-order valence-electron chi connectivity index (χ3n) is 3.68. The number of carbonyl (C=O) groups excluding carboxylic acids is 2. The van der Waals surface area contributed by atoms with E-state index in [1.165, 1.54) is 16.0 Å². The molecule has 0 fully saturated rings. The van der Waals surface area contributed by atoms with Gasteiger partial charge in [-0.3, -0.25) is 14.4 Å². The van der Waals surface area contributed by atoms with E-state index in [2.05, 4.69) is 10.4 Å². The summed E-state index contributed by atoms with van der Waals surface area (Å²) in [7, 11) is 0. The molecule has 0 bridgehead atoms. The molecule has 3 N–H and O–H groups in total. The lowest BCUT2D eigenvalue weighted by atomic mass is 10.1. The molecule has 2 amide bonds. The van der Waals surface area contributed by atoms with Crippen LogP contribution in [-0.4, -0.2) is 21.6 Å². The Hall–Kier alpha value is -3.00.